The molecule has 2 nitrogen and oxygen atoms in total. The molecule has 16 heavy (non-hydrogen) atoms. The number of hydrogen-bond acceptors (Lipinski definition) is 2. The van der Waals surface area contributed by atoms with E-state index in [-0.39, 0.29) is 0 Å². The Morgan fingerprint density at radius 2 is 2.00 bits per heavy atom. The summed E-state index contributed by atoms with van der Waals surface area (Å²) in [4.78, 5) is 2.40. The van der Waals surface area contributed by atoms with Gasteiger partial charge in [0.25, 0.3) is 0 Å². The first kappa shape index (κ1) is 11.5. The monoisotopic (exact) mass is 278 g/mol. The van der Waals surface area contributed by atoms with Crippen molar-refractivity contribution in [3.05, 3.63) is 28.7 Å². The van der Waals surface area contributed by atoms with Crippen LogP contribution in [0.25, 0.3) is 0 Å². The van der Waals surface area contributed by atoms with Gasteiger partial charge in [-0.25, -0.2) is 0 Å². The van der Waals surface area contributed by atoms with Gasteiger partial charge >= 0.3 is 0 Å². The number of benzene rings is 1. The third kappa shape index (κ3) is 2.56. The van der Waals surface area contributed by atoms with E-state index in [1.165, 1.54) is 5.69 Å². The summed E-state index contributed by atoms with van der Waals surface area (Å²) >= 11 is 3.58. The van der Waals surface area contributed by atoms with Crippen molar-refractivity contribution in [2.75, 3.05) is 18.0 Å². The van der Waals surface area contributed by atoms with Crippen LogP contribution in [-0.2, 0) is 0 Å². The van der Waals surface area contributed by atoms with Gasteiger partial charge in [-0.1, -0.05) is 12.1 Å². The largest absolute Gasteiger partial charge is 0.371 e. The highest BCUT2D eigenvalue weighted by atomic mass is 79.9. The zero-order valence-electron chi connectivity index (χ0n) is 9.19. The summed E-state index contributed by atoms with van der Waals surface area (Å²) in [6, 6.07) is 10.6. The summed E-state index contributed by atoms with van der Waals surface area (Å²) in [6.07, 6.45) is 2.98. The van der Waals surface area contributed by atoms with Crippen LogP contribution in [-0.4, -0.2) is 13.1 Å². The van der Waals surface area contributed by atoms with Crippen LogP contribution in [0.1, 0.15) is 19.3 Å². The van der Waals surface area contributed by atoms with E-state index < -0.39 is 0 Å². The number of halogens is 1. The quantitative estimate of drug-likeness (QED) is 0.827. The number of rotatable bonds is 2. The molecule has 0 atom stereocenters. The lowest BCUT2D eigenvalue weighted by Gasteiger charge is -2.33. The maximum atomic E-state index is 8.67. The van der Waals surface area contributed by atoms with Gasteiger partial charge in [0.2, 0.25) is 0 Å². The summed E-state index contributed by atoms with van der Waals surface area (Å²) in [5, 5.41) is 8.67. The van der Waals surface area contributed by atoms with Crippen molar-refractivity contribution in [1.82, 2.24) is 0 Å². The second kappa shape index (κ2) is 5.36. The van der Waals surface area contributed by atoms with Crippen LogP contribution in [0.4, 0.5) is 5.69 Å². The van der Waals surface area contributed by atoms with Crippen LogP contribution < -0.4 is 4.90 Å². The zero-order valence-corrected chi connectivity index (χ0v) is 10.8. The van der Waals surface area contributed by atoms with E-state index in [9.17, 15) is 0 Å². The van der Waals surface area contributed by atoms with Gasteiger partial charge in [-0.05, 0) is 46.8 Å². The Morgan fingerprint density at radius 3 is 2.62 bits per heavy atom. The van der Waals surface area contributed by atoms with Crippen LogP contribution in [0, 0.1) is 17.2 Å². The molecule has 2 rings (SSSR count). The van der Waals surface area contributed by atoms with Crippen molar-refractivity contribution < 1.29 is 0 Å². The highest BCUT2D eigenvalue weighted by Gasteiger charge is 2.19. The summed E-state index contributed by atoms with van der Waals surface area (Å²) in [6.45, 7) is 2.13. The van der Waals surface area contributed by atoms with Gasteiger partial charge in [0.15, 0.2) is 0 Å². The lowest BCUT2D eigenvalue weighted by Crippen LogP contribution is -2.33. The molecule has 0 radical (unpaired) electrons. The highest BCUT2D eigenvalue weighted by Crippen LogP contribution is 2.30. The van der Waals surface area contributed by atoms with Crippen molar-refractivity contribution in [3.63, 3.8) is 0 Å². The molecule has 84 valence electrons. The SMILES string of the molecule is N#CCC1CCN(c2ccccc2Br)CC1. The molecular weight excluding hydrogens is 264 g/mol. The number of piperidine rings is 1. The van der Waals surface area contributed by atoms with Crippen LogP contribution in [0.2, 0.25) is 0 Å². The Hall–Kier alpha value is -1.01. The van der Waals surface area contributed by atoms with Gasteiger partial charge in [-0.2, -0.15) is 5.26 Å². The predicted molar refractivity (Wildman–Crippen MR) is 69.3 cm³/mol. The van der Waals surface area contributed by atoms with Gasteiger partial charge in [0.1, 0.15) is 0 Å². The molecule has 1 aromatic carbocycles. The minimum atomic E-state index is 0.601. The molecule has 0 spiro atoms. The van der Waals surface area contributed by atoms with Crippen LogP contribution in [0.15, 0.2) is 28.7 Å². The predicted octanol–water partition coefficient (Wildman–Crippen LogP) is 3.58. The van der Waals surface area contributed by atoms with Gasteiger partial charge in [-0.15, -0.1) is 0 Å². The molecule has 1 aromatic rings. The Bertz CT molecular complexity index is 389. The lowest BCUT2D eigenvalue weighted by molar-refractivity contribution is 0.412. The van der Waals surface area contributed by atoms with Gasteiger partial charge in [0.05, 0.1) is 11.8 Å². The van der Waals surface area contributed by atoms with Gasteiger partial charge in [-0.3, -0.25) is 0 Å². The van der Waals surface area contributed by atoms with E-state index in [1.54, 1.807) is 0 Å². The van der Waals surface area contributed by atoms with Crippen LogP contribution in [0.5, 0.6) is 0 Å². The van der Waals surface area contributed by atoms with Gasteiger partial charge < -0.3 is 4.90 Å². The molecule has 0 amide bonds. The molecule has 1 heterocycles. The Labute approximate surface area is 105 Å². The van der Waals surface area contributed by atoms with E-state index in [1.807, 2.05) is 6.07 Å². The first-order valence-corrected chi connectivity index (χ1v) is 6.47. The maximum Gasteiger partial charge on any atom is 0.0624 e. The molecule has 1 saturated heterocycles. The number of para-hydroxylation sites is 1. The average Bonchev–Trinajstić information content (AvgIpc) is 2.31. The summed E-state index contributed by atoms with van der Waals surface area (Å²) in [5.74, 6) is 0.601. The first-order valence-electron chi connectivity index (χ1n) is 5.67. The van der Waals surface area contributed by atoms with Crippen molar-refractivity contribution in [2.45, 2.75) is 19.3 Å². The standard InChI is InChI=1S/C13H15BrN2/c14-12-3-1-2-4-13(12)16-9-6-11(5-8-15)7-10-16/h1-4,11H,5-7,9-10H2. The smallest absolute Gasteiger partial charge is 0.0624 e. The van der Waals surface area contributed by atoms with E-state index in [0.717, 1.165) is 30.4 Å². The molecule has 0 aromatic heterocycles. The number of hydrogen-bond donors (Lipinski definition) is 0. The molecule has 1 fully saturated rings. The van der Waals surface area contributed by atoms with Crippen molar-refractivity contribution >= 4 is 21.6 Å². The Balaban J connectivity index is 2.00. The Kier molecular flexibility index (Phi) is 3.84. The second-order valence-electron chi connectivity index (χ2n) is 4.24. The van der Waals surface area contributed by atoms with Gasteiger partial charge in [0, 0.05) is 24.0 Å². The van der Waals surface area contributed by atoms with E-state index in [4.69, 9.17) is 5.26 Å². The molecule has 0 N–H and O–H groups in total. The molecule has 0 bridgehead atoms. The van der Waals surface area contributed by atoms with Crippen molar-refractivity contribution in [3.8, 4) is 6.07 Å². The summed E-state index contributed by atoms with van der Waals surface area (Å²) in [7, 11) is 0. The minimum absolute atomic E-state index is 0.601. The fraction of sp³-hybridized carbons (Fsp3) is 0.462. The third-order valence-electron chi connectivity index (χ3n) is 3.19. The molecule has 0 unspecified atom stereocenters. The molecular formula is C13H15BrN2. The normalized spacial score (nSPS) is 17.1. The third-order valence-corrected chi connectivity index (χ3v) is 3.86. The second-order valence-corrected chi connectivity index (χ2v) is 5.10. The minimum Gasteiger partial charge on any atom is -0.371 e. The summed E-state index contributed by atoms with van der Waals surface area (Å²) < 4.78 is 1.16. The topological polar surface area (TPSA) is 27.0 Å². The van der Waals surface area contributed by atoms with Crippen molar-refractivity contribution in [2.24, 2.45) is 5.92 Å². The van der Waals surface area contributed by atoms with Crippen LogP contribution in [0.3, 0.4) is 0 Å². The van der Waals surface area contributed by atoms with E-state index in [2.05, 4.69) is 45.1 Å². The Morgan fingerprint density at radius 1 is 1.31 bits per heavy atom. The van der Waals surface area contributed by atoms with Crippen molar-refractivity contribution in [1.29, 1.82) is 5.26 Å². The average molecular weight is 279 g/mol. The highest BCUT2D eigenvalue weighted by molar-refractivity contribution is 9.10. The fourth-order valence-electron chi connectivity index (χ4n) is 2.22. The maximum absolute atomic E-state index is 8.67. The molecule has 0 aliphatic carbocycles. The number of nitrogens with zero attached hydrogens (tertiary/aromatic N) is 2. The molecule has 3 heteroatoms. The molecule has 1 aliphatic rings. The molecule has 1 aliphatic heterocycles. The van der Waals surface area contributed by atoms with Crippen LogP contribution >= 0.6 is 15.9 Å². The fourth-order valence-corrected chi connectivity index (χ4v) is 2.75. The first-order chi connectivity index (χ1) is 7.81. The number of anilines is 1. The molecule has 0 saturated carbocycles. The zero-order chi connectivity index (χ0) is 11.4. The van der Waals surface area contributed by atoms with E-state index >= 15 is 0 Å². The van der Waals surface area contributed by atoms with E-state index in [0.29, 0.717) is 12.3 Å². The number of nitriles is 1. The lowest BCUT2D eigenvalue weighted by atomic mass is 9.94. The summed E-state index contributed by atoms with van der Waals surface area (Å²) in [5.41, 5.74) is 1.28.